The first kappa shape index (κ1) is 14.7. The molecule has 0 aliphatic heterocycles. The Morgan fingerprint density at radius 3 is 2.22 bits per heavy atom. The fraction of sp³-hybridized carbons (Fsp3) is 0.533. The highest BCUT2D eigenvalue weighted by Crippen LogP contribution is 2.31. The van der Waals surface area contributed by atoms with Crippen molar-refractivity contribution in [2.45, 2.75) is 46.1 Å². The molecule has 1 aromatic rings. The minimum atomic E-state index is -0.921. The number of aliphatic carboxylic acids is 1. The van der Waals surface area contributed by atoms with Gasteiger partial charge in [-0.1, -0.05) is 32.0 Å². The van der Waals surface area contributed by atoms with Crippen molar-refractivity contribution in [3.05, 3.63) is 34.9 Å². The number of rotatable bonds is 5. The molecule has 3 heteroatoms. The second-order valence-corrected chi connectivity index (χ2v) is 5.25. The minimum absolute atomic E-state index is 0.246. The Morgan fingerprint density at radius 2 is 1.78 bits per heavy atom. The Labute approximate surface area is 109 Å². The Bertz CT molecular complexity index is 408. The third kappa shape index (κ3) is 3.33. The first-order valence-corrected chi connectivity index (χ1v) is 6.39. The molecule has 0 fully saturated rings. The predicted molar refractivity (Wildman–Crippen MR) is 73.7 cm³/mol. The lowest BCUT2D eigenvalue weighted by Gasteiger charge is -2.25. The van der Waals surface area contributed by atoms with Crippen molar-refractivity contribution < 1.29 is 9.90 Å². The normalized spacial score (nSPS) is 16.1. The van der Waals surface area contributed by atoms with E-state index < -0.39 is 12.0 Å². The zero-order valence-corrected chi connectivity index (χ0v) is 11.6. The molecule has 3 nitrogen and oxygen atoms in total. The van der Waals surface area contributed by atoms with Gasteiger partial charge in [0.05, 0.1) is 0 Å². The van der Waals surface area contributed by atoms with Crippen LogP contribution < -0.4 is 5.73 Å². The van der Waals surface area contributed by atoms with Crippen LogP contribution in [0.1, 0.15) is 42.9 Å². The Morgan fingerprint density at radius 1 is 1.28 bits per heavy atom. The van der Waals surface area contributed by atoms with E-state index in [0.717, 1.165) is 0 Å². The smallest absolute Gasteiger partial charge is 0.320 e. The average molecular weight is 249 g/mol. The number of hydrogen-bond acceptors (Lipinski definition) is 2. The van der Waals surface area contributed by atoms with Gasteiger partial charge < -0.3 is 10.8 Å². The summed E-state index contributed by atoms with van der Waals surface area (Å²) >= 11 is 0. The van der Waals surface area contributed by atoms with Crippen molar-refractivity contribution >= 4 is 5.97 Å². The number of carboxylic acid groups (broad SMARTS) is 1. The lowest BCUT2D eigenvalue weighted by Crippen LogP contribution is -2.33. The highest BCUT2D eigenvalue weighted by molar-refractivity contribution is 5.73. The molecule has 3 atom stereocenters. The number of hydrogen-bond donors (Lipinski definition) is 2. The van der Waals surface area contributed by atoms with E-state index in [9.17, 15) is 4.79 Å². The molecule has 1 aromatic carbocycles. The van der Waals surface area contributed by atoms with E-state index in [0.29, 0.717) is 12.3 Å². The second-order valence-electron chi connectivity index (χ2n) is 5.25. The number of carbonyl (C=O) groups is 1. The molecule has 0 bridgehead atoms. The van der Waals surface area contributed by atoms with Gasteiger partial charge in [-0.05, 0) is 48.8 Å². The topological polar surface area (TPSA) is 63.3 Å². The van der Waals surface area contributed by atoms with Crippen molar-refractivity contribution in [1.29, 1.82) is 0 Å². The molecule has 3 N–H and O–H groups in total. The van der Waals surface area contributed by atoms with Crippen LogP contribution >= 0.6 is 0 Å². The zero-order chi connectivity index (χ0) is 13.9. The minimum Gasteiger partial charge on any atom is -0.480 e. The largest absolute Gasteiger partial charge is 0.480 e. The quantitative estimate of drug-likeness (QED) is 0.843. The number of nitrogens with two attached hydrogens (primary N) is 1. The van der Waals surface area contributed by atoms with Crippen LogP contribution in [0.4, 0.5) is 0 Å². The predicted octanol–water partition coefficient (Wildman–Crippen LogP) is 2.85. The van der Waals surface area contributed by atoms with Gasteiger partial charge in [-0.15, -0.1) is 0 Å². The summed E-state index contributed by atoms with van der Waals surface area (Å²) in [6.45, 7) is 8.42. The van der Waals surface area contributed by atoms with Crippen LogP contribution in [-0.2, 0) is 4.79 Å². The average Bonchev–Trinajstić information content (AvgIpc) is 2.28. The number of benzene rings is 1. The number of aryl methyl sites for hydroxylation is 2. The molecule has 0 spiro atoms. The highest BCUT2D eigenvalue weighted by Gasteiger charge is 2.22. The van der Waals surface area contributed by atoms with Crippen LogP contribution in [0.3, 0.4) is 0 Å². The summed E-state index contributed by atoms with van der Waals surface area (Å²) in [5, 5.41) is 8.87. The third-order valence-electron chi connectivity index (χ3n) is 3.79. The molecular formula is C15H23NO2. The van der Waals surface area contributed by atoms with E-state index in [1.165, 1.54) is 16.7 Å². The first-order chi connectivity index (χ1) is 8.34. The summed E-state index contributed by atoms with van der Waals surface area (Å²) in [7, 11) is 0. The van der Waals surface area contributed by atoms with E-state index in [-0.39, 0.29) is 5.92 Å². The molecular weight excluding hydrogens is 226 g/mol. The van der Waals surface area contributed by atoms with E-state index in [4.69, 9.17) is 10.8 Å². The van der Waals surface area contributed by atoms with E-state index in [1.54, 1.807) is 0 Å². The maximum absolute atomic E-state index is 10.8. The van der Waals surface area contributed by atoms with E-state index >= 15 is 0 Å². The van der Waals surface area contributed by atoms with Crippen molar-refractivity contribution in [2.75, 3.05) is 0 Å². The van der Waals surface area contributed by atoms with E-state index in [1.807, 2.05) is 0 Å². The molecule has 18 heavy (non-hydrogen) atoms. The molecule has 0 amide bonds. The van der Waals surface area contributed by atoms with Crippen LogP contribution in [0.15, 0.2) is 18.2 Å². The van der Waals surface area contributed by atoms with Gasteiger partial charge in [0.1, 0.15) is 6.04 Å². The SMILES string of the molecule is Cc1cccc(C)c1C(C)C(C)CC(N)C(=O)O. The second kappa shape index (κ2) is 6.01. The molecule has 100 valence electrons. The van der Waals surface area contributed by atoms with Crippen LogP contribution in [0.25, 0.3) is 0 Å². The van der Waals surface area contributed by atoms with Gasteiger partial charge in [0, 0.05) is 0 Å². The maximum Gasteiger partial charge on any atom is 0.320 e. The molecule has 3 unspecified atom stereocenters. The monoisotopic (exact) mass is 249 g/mol. The van der Waals surface area contributed by atoms with Crippen molar-refractivity contribution in [2.24, 2.45) is 11.7 Å². The molecule has 0 aliphatic carbocycles. The third-order valence-corrected chi connectivity index (χ3v) is 3.79. The molecule has 1 rings (SSSR count). The first-order valence-electron chi connectivity index (χ1n) is 6.39. The van der Waals surface area contributed by atoms with Crippen LogP contribution in [-0.4, -0.2) is 17.1 Å². The van der Waals surface area contributed by atoms with Crippen molar-refractivity contribution in [1.82, 2.24) is 0 Å². The number of carboxylic acids is 1. The van der Waals surface area contributed by atoms with Gasteiger partial charge >= 0.3 is 5.97 Å². The van der Waals surface area contributed by atoms with Crippen molar-refractivity contribution in [3.63, 3.8) is 0 Å². The van der Waals surface area contributed by atoms with E-state index in [2.05, 4.69) is 45.9 Å². The van der Waals surface area contributed by atoms with Gasteiger partial charge in [-0.3, -0.25) is 4.79 Å². The Hall–Kier alpha value is -1.35. The molecule has 0 aromatic heterocycles. The van der Waals surface area contributed by atoms with Crippen LogP contribution in [0.5, 0.6) is 0 Å². The van der Waals surface area contributed by atoms with Crippen molar-refractivity contribution in [3.8, 4) is 0 Å². The lowest BCUT2D eigenvalue weighted by molar-refractivity contribution is -0.138. The summed E-state index contributed by atoms with van der Waals surface area (Å²) in [6.07, 6.45) is 0.504. The summed E-state index contributed by atoms with van der Waals surface area (Å²) in [5.74, 6) is -0.358. The van der Waals surface area contributed by atoms with Gasteiger partial charge in [-0.2, -0.15) is 0 Å². The fourth-order valence-electron chi connectivity index (χ4n) is 2.54. The fourth-order valence-corrected chi connectivity index (χ4v) is 2.54. The summed E-state index contributed by atoms with van der Waals surface area (Å²) < 4.78 is 0. The van der Waals surface area contributed by atoms with Crippen LogP contribution in [0, 0.1) is 19.8 Å². The Balaban J connectivity index is 2.86. The molecule has 0 aliphatic rings. The maximum atomic E-state index is 10.8. The van der Waals surface area contributed by atoms with Gasteiger partial charge in [0.25, 0.3) is 0 Å². The summed E-state index contributed by atoms with van der Waals surface area (Å²) in [5.41, 5.74) is 9.46. The Kier molecular flexibility index (Phi) is 4.91. The standard InChI is InChI=1S/C15H23NO2/c1-9-6-5-7-10(2)14(9)12(4)11(3)8-13(16)15(17)18/h5-7,11-13H,8,16H2,1-4H3,(H,17,18). The summed E-state index contributed by atoms with van der Waals surface area (Å²) in [6, 6.07) is 5.48. The van der Waals surface area contributed by atoms with Gasteiger partial charge in [0.15, 0.2) is 0 Å². The summed E-state index contributed by atoms with van der Waals surface area (Å²) in [4.78, 5) is 10.8. The van der Waals surface area contributed by atoms with Crippen LogP contribution in [0.2, 0.25) is 0 Å². The highest BCUT2D eigenvalue weighted by atomic mass is 16.4. The lowest BCUT2D eigenvalue weighted by atomic mass is 9.81. The molecule has 0 saturated carbocycles. The van der Waals surface area contributed by atoms with Gasteiger partial charge in [-0.25, -0.2) is 0 Å². The molecule has 0 saturated heterocycles. The zero-order valence-electron chi connectivity index (χ0n) is 11.6. The molecule has 0 radical (unpaired) electrons. The van der Waals surface area contributed by atoms with Gasteiger partial charge in [0.2, 0.25) is 0 Å². The molecule has 0 heterocycles.